The summed E-state index contributed by atoms with van der Waals surface area (Å²) in [4.78, 5) is 75.9. The summed E-state index contributed by atoms with van der Waals surface area (Å²) in [5.74, 6) is -3.80. The Morgan fingerprint density at radius 1 is 0.735 bits per heavy atom. The van der Waals surface area contributed by atoms with Crippen molar-refractivity contribution in [3.8, 4) is 0 Å². The highest BCUT2D eigenvalue weighted by molar-refractivity contribution is 6.05. The van der Waals surface area contributed by atoms with Gasteiger partial charge in [0.1, 0.15) is 30.3 Å². The van der Waals surface area contributed by atoms with E-state index in [2.05, 4.69) is 26.6 Å². The SMILES string of the molecule is C[C@H](NC(=O)[C@H](Cc1ccc(C(=O)Nc2ccccc2N)cc1)NC(=O)OC(C)(C)C)C(=O)N[C@@H](Cc1ccccc1)C(=O)NCC(=O)O. The van der Waals surface area contributed by atoms with E-state index >= 15 is 0 Å². The van der Waals surface area contributed by atoms with Gasteiger partial charge in [-0.05, 0) is 63.1 Å². The van der Waals surface area contributed by atoms with Gasteiger partial charge in [0.25, 0.3) is 5.91 Å². The third-order valence-electron chi connectivity index (χ3n) is 6.95. The summed E-state index contributed by atoms with van der Waals surface area (Å²) in [6, 6.07) is 18.5. The van der Waals surface area contributed by atoms with E-state index in [4.69, 9.17) is 15.6 Å². The normalized spacial score (nSPS) is 12.7. The molecule has 49 heavy (non-hydrogen) atoms. The van der Waals surface area contributed by atoms with Crippen LogP contribution in [0.25, 0.3) is 0 Å². The van der Waals surface area contributed by atoms with Gasteiger partial charge in [-0.15, -0.1) is 0 Å². The number of carbonyl (C=O) groups is 6. The Kier molecular flexibility index (Phi) is 13.2. The fourth-order valence-electron chi connectivity index (χ4n) is 4.51. The number of nitrogens with one attached hydrogen (secondary N) is 5. The van der Waals surface area contributed by atoms with Gasteiger partial charge in [-0.1, -0.05) is 54.6 Å². The van der Waals surface area contributed by atoms with E-state index in [1.54, 1.807) is 99.6 Å². The number of para-hydroxylation sites is 2. The Morgan fingerprint density at radius 3 is 1.90 bits per heavy atom. The zero-order chi connectivity index (χ0) is 36.1. The first-order chi connectivity index (χ1) is 23.1. The van der Waals surface area contributed by atoms with Crippen molar-refractivity contribution >= 4 is 47.1 Å². The molecular weight excluding hydrogens is 632 g/mol. The van der Waals surface area contributed by atoms with Crippen molar-refractivity contribution < 1.29 is 38.6 Å². The zero-order valence-electron chi connectivity index (χ0n) is 27.7. The van der Waals surface area contributed by atoms with Crippen molar-refractivity contribution in [2.45, 2.75) is 64.3 Å². The van der Waals surface area contributed by atoms with Gasteiger partial charge in [0, 0.05) is 18.4 Å². The molecule has 0 fully saturated rings. The number of alkyl carbamates (subject to hydrolysis) is 1. The van der Waals surface area contributed by atoms with Gasteiger partial charge in [0.2, 0.25) is 17.7 Å². The lowest BCUT2D eigenvalue weighted by Crippen LogP contribution is -2.57. The molecule has 0 heterocycles. The molecule has 0 aliphatic rings. The van der Waals surface area contributed by atoms with Gasteiger partial charge < -0.3 is 42.2 Å². The lowest BCUT2D eigenvalue weighted by Gasteiger charge is -2.25. The molecule has 0 unspecified atom stereocenters. The minimum atomic E-state index is -1.25. The first-order valence-corrected chi connectivity index (χ1v) is 15.5. The second-order valence-electron chi connectivity index (χ2n) is 12.2. The standard InChI is InChI=1S/C35H42N6O8/c1-21(30(44)40-27(32(46)37-20-29(42)43)18-22-10-6-5-7-11-22)38-33(47)28(41-34(48)49-35(2,3)4)19-23-14-16-24(17-15-23)31(45)39-26-13-9-8-12-25(26)36/h5-17,21,27-28H,18-20,36H2,1-4H3,(H,37,46)(H,38,47)(H,39,45)(H,40,44)(H,41,48)(H,42,43)/t21-,27-,28-/m0/s1. The molecular formula is C35H42N6O8. The van der Waals surface area contributed by atoms with Crippen molar-refractivity contribution in [3.05, 3.63) is 95.6 Å². The van der Waals surface area contributed by atoms with Crippen LogP contribution in [0.5, 0.6) is 0 Å². The van der Waals surface area contributed by atoms with Gasteiger partial charge in [-0.25, -0.2) is 4.79 Å². The first-order valence-electron chi connectivity index (χ1n) is 15.5. The maximum atomic E-state index is 13.5. The number of aliphatic carboxylic acids is 1. The lowest BCUT2D eigenvalue weighted by atomic mass is 10.0. The van der Waals surface area contributed by atoms with Crippen LogP contribution in [-0.4, -0.2) is 71.1 Å². The number of ether oxygens (including phenoxy) is 1. The lowest BCUT2D eigenvalue weighted by molar-refractivity contribution is -0.138. The van der Waals surface area contributed by atoms with E-state index in [0.29, 0.717) is 28.1 Å². The van der Waals surface area contributed by atoms with Crippen LogP contribution in [0, 0.1) is 0 Å². The first kappa shape index (κ1) is 37.5. The molecule has 3 atom stereocenters. The number of rotatable bonds is 14. The Labute approximate surface area is 284 Å². The molecule has 3 aromatic carbocycles. The second kappa shape index (κ2) is 17.3. The van der Waals surface area contributed by atoms with Crippen LogP contribution >= 0.6 is 0 Å². The number of amides is 5. The summed E-state index contributed by atoms with van der Waals surface area (Å²) in [7, 11) is 0. The minimum Gasteiger partial charge on any atom is -0.480 e. The van der Waals surface area contributed by atoms with Crippen LogP contribution in [0.1, 0.15) is 49.2 Å². The molecule has 0 spiro atoms. The minimum absolute atomic E-state index is 0.0266. The number of carboxylic acid groups (broad SMARTS) is 1. The number of benzene rings is 3. The number of carboxylic acids is 1. The Bertz CT molecular complexity index is 1640. The number of anilines is 2. The molecule has 0 radical (unpaired) electrons. The molecule has 3 rings (SSSR count). The zero-order valence-corrected chi connectivity index (χ0v) is 27.7. The summed E-state index contributed by atoms with van der Waals surface area (Å²) in [6.45, 7) is 5.76. The molecule has 0 aromatic heterocycles. The maximum Gasteiger partial charge on any atom is 0.408 e. The fourth-order valence-corrected chi connectivity index (χ4v) is 4.51. The van der Waals surface area contributed by atoms with Gasteiger partial charge >= 0.3 is 12.1 Å². The summed E-state index contributed by atoms with van der Waals surface area (Å²) in [5.41, 5.74) is 7.55. The van der Waals surface area contributed by atoms with Crippen molar-refractivity contribution in [1.29, 1.82) is 0 Å². The Morgan fingerprint density at radius 2 is 1.31 bits per heavy atom. The van der Waals surface area contributed by atoms with E-state index in [9.17, 15) is 28.8 Å². The van der Waals surface area contributed by atoms with Crippen LogP contribution in [0.3, 0.4) is 0 Å². The largest absolute Gasteiger partial charge is 0.480 e. The number of hydrogen-bond donors (Lipinski definition) is 7. The molecule has 8 N–H and O–H groups in total. The number of nitrogens with two attached hydrogens (primary N) is 1. The molecule has 3 aromatic rings. The molecule has 260 valence electrons. The summed E-state index contributed by atoms with van der Waals surface area (Å²) in [6.07, 6.45) is -0.825. The predicted octanol–water partition coefficient (Wildman–Crippen LogP) is 2.39. The third-order valence-corrected chi connectivity index (χ3v) is 6.95. The highest BCUT2D eigenvalue weighted by Crippen LogP contribution is 2.18. The van der Waals surface area contributed by atoms with Gasteiger partial charge in [-0.3, -0.25) is 24.0 Å². The summed E-state index contributed by atoms with van der Waals surface area (Å²) >= 11 is 0. The average Bonchev–Trinajstić information content (AvgIpc) is 3.03. The van der Waals surface area contributed by atoms with Gasteiger partial charge in [0.15, 0.2) is 0 Å². The van der Waals surface area contributed by atoms with Gasteiger partial charge in [0.05, 0.1) is 11.4 Å². The Balaban J connectivity index is 1.72. The van der Waals surface area contributed by atoms with E-state index in [1.165, 1.54) is 6.92 Å². The molecule has 0 saturated carbocycles. The number of hydrogen-bond acceptors (Lipinski definition) is 8. The Hall–Kier alpha value is -5.92. The van der Waals surface area contributed by atoms with Crippen LogP contribution in [0.15, 0.2) is 78.9 Å². The van der Waals surface area contributed by atoms with E-state index in [-0.39, 0.29) is 12.8 Å². The predicted molar refractivity (Wildman–Crippen MR) is 182 cm³/mol. The smallest absolute Gasteiger partial charge is 0.408 e. The maximum absolute atomic E-state index is 13.5. The van der Waals surface area contributed by atoms with E-state index in [0.717, 1.165) is 0 Å². The van der Waals surface area contributed by atoms with Crippen molar-refractivity contribution in [2.24, 2.45) is 0 Å². The second-order valence-corrected chi connectivity index (χ2v) is 12.2. The molecule has 0 aliphatic heterocycles. The van der Waals surface area contributed by atoms with Crippen molar-refractivity contribution in [1.82, 2.24) is 21.3 Å². The fraction of sp³-hybridized carbons (Fsp3) is 0.314. The molecule has 14 nitrogen and oxygen atoms in total. The van der Waals surface area contributed by atoms with Crippen LogP contribution in [0.4, 0.5) is 16.2 Å². The molecule has 0 aliphatic carbocycles. The molecule has 0 bridgehead atoms. The van der Waals surface area contributed by atoms with E-state index in [1.807, 2.05) is 0 Å². The van der Waals surface area contributed by atoms with Crippen LogP contribution < -0.4 is 32.3 Å². The highest BCUT2D eigenvalue weighted by Gasteiger charge is 2.29. The highest BCUT2D eigenvalue weighted by atomic mass is 16.6. The van der Waals surface area contributed by atoms with Crippen LogP contribution in [-0.2, 0) is 36.8 Å². The van der Waals surface area contributed by atoms with Crippen molar-refractivity contribution in [2.75, 3.05) is 17.6 Å². The summed E-state index contributed by atoms with van der Waals surface area (Å²) < 4.78 is 5.34. The number of carbonyl (C=O) groups excluding carboxylic acids is 5. The third kappa shape index (κ3) is 12.7. The topological polar surface area (TPSA) is 218 Å². The number of nitrogen functional groups attached to an aromatic ring is 1. The quantitative estimate of drug-likeness (QED) is 0.125. The van der Waals surface area contributed by atoms with E-state index < -0.39 is 66.0 Å². The molecule has 14 heteroatoms. The van der Waals surface area contributed by atoms with Gasteiger partial charge in [-0.2, -0.15) is 0 Å². The van der Waals surface area contributed by atoms with Crippen molar-refractivity contribution in [3.63, 3.8) is 0 Å². The van der Waals surface area contributed by atoms with Crippen LogP contribution in [0.2, 0.25) is 0 Å². The molecule has 0 saturated heterocycles. The monoisotopic (exact) mass is 674 g/mol. The molecule has 5 amide bonds. The average molecular weight is 675 g/mol. The summed E-state index contributed by atoms with van der Waals surface area (Å²) in [5, 5.41) is 21.7.